The number of benzene rings is 1. The van der Waals surface area contributed by atoms with E-state index in [-0.39, 0.29) is 17.7 Å². The van der Waals surface area contributed by atoms with Crippen LogP contribution in [0, 0.1) is 0 Å². The van der Waals surface area contributed by atoms with Gasteiger partial charge in [0.1, 0.15) is 0 Å². The smallest absolute Gasteiger partial charge is 0.251 e. The predicted octanol–water partition coefficient (Wildman–Crippen LogP) is 2.03. The summed E-state index contributed by atoms with van der Waals surface area (Å²) in [5.41, 5.74) is 2.36. The molecule has 1 atom stereocenters. The Bertz CT molecular complexity index is 568. The van der Waals surface area contributed by atoms with Gasteiger partial charge in [0, 0.05) is 36.7 Å². The Labute approximate surface area is 125 Å². The largest absolute Gasteiger partial charge is 0.348 e. The number of rotatable bonds is 4. The van der Waals surface area contributed by atoms with Crippen LogP contribution in [0.5, 0.6) is 0 Å². The maximum Gasteiger partial charge on any atom is 0.251 e. The lowest BCUT2D eigenvalue weighted by atomic mass is 10.0. The van der Waals surface area contributed by atoms with Gasteiger partial charge >= 0.3 is 0 Å². The molecule has 1 N–H and O–H groups in total. The Morgan fingerprint density at radius 1 is 1.38 bits per heavy atom. The Morgan fingerprint density at radius 3 is 3.05 bits per heavy atom. The lowest BCUT2D eigenvalue weighted by molar-refractivity contribution is 0.0936. The lowest BCUT2D eigenvalue weighted by Gasteiger charge is -2.16. The maximum absolute atomic E-state index is 12.5. The highest BCUT2D eigenvalue weighted by Gasteiger charge is 2.27. The van der Waals surface area contributed by atoms with Crippen LogP contribution in [0.4, 0.5) is 0 Å². The summed E-state index contributed by atoms with van der Waals surface area (Å²) >= 11 is 0. The van der Waals surface area contributed by atoms with Crippen molar-refractivity contribution in [2.24, 2.45) is 0 Å². The van der Waals surface area contributed by atoms with Gasteiger partial charge in [0.05, 0.1) is 0 Å². The molecule has 0 unspecified atom stereocenters. The third-order valence-corrected chi connectivity index (χ3v) is 4.47. The summed E-state index contributed by atoms with van der Waals surface area (Å²) in [6.45, 7) is 5.27. The molecule has 1 amide bonds. The van der Waals surface area contributed by atoms with Crippen LogP contribution < -0.4 is 5.32 Å². The maximum atomic E-state index is 12.5. The highest BCUT2D eigenvalue weighted by molar-refractivity contribution is 6.05. The summed E-state index contributed by atoms with van der Waals surface area (Å²) in [5, 5.41) is 3.14. The minimum Gasteiger partial charge on any atom is -0.348 e. The second-order valence-electron chi connectivity index (χ2n) is 6.01. The van der Waals surface area contributed by atoms with Gasteiger partial charge in [0.2, 0.25) is 0 Å². The van der Waals surface area contributed by atoms with Gasteiger partial charge in [-0.1, -0.05) is 19.1 Å². The number of hydrogen-bond donors (Lipinski definition) is 1. The van der Waals surface area contributed by atoms with Crippen LogP contribution in [0.3, 0.4) is 0 Å². The summed E-state index contributed by atoms with van der Waals surface area (Å²) in [5.74, 6) is 0.138. The van der Waals surface area contributed by atoms with Crippen molar-refractivity contribution in [1.29, 1.82) is 0 Å². The van der Waals surface area contributed by atoms with Gasteiger partial charge in [-0.2, -0.15) is 0 Å². The SMILES string of the molecule is CCCN1CC[C@@H](NC(=O)c2cccc3c2CCC3=O)C1. The first kappa shape index (κ1) is 14.3. The average molecular weight is 286 g/mol. The van der Waals surface area contributed by atoms with E-state index in [0.717, 1.165) is 43.6 Å². The minimum absolute atomic E-state index is 0.0232. The van der Waals surface area contributed by atoms with E-state index in [0.29, 0.717) is 18.4 Å². The fourth-order valence-electron chi connectivity index (χ4n) is 3.44. The highest BCUT2D eigenvalue weighted by atomic mass is 16.2. The first-order valence-electron chi connectivity index (χ1n) is 7.87. The van der Waals surface area contributed by atoms with Crippen LogP contribution in [0.15, 0.2) is 18.2 Å². The number of Topliss-reactive ketones (excluding diaryl/α,β-unsaturated/α-hetero) is 1. The molecule has 1 saturated heterocycles. The number of carbonyl (C=O) groups excluding carboxylic acids is 2. The van der Waals surface area contributed by atoms with Crippen molar-refractivity contribution in [1.82, 2.24) is 10.2 Å². The van der Waals surface area contributed by atoms with Crippen LogP contribution in [-0.2, 0) is 6.42 Å². The molecule has 1 aromatic rings. The zero-order valence-electron chi connectivity index (χ0n) is 12.5. The Morgan fingerprint density at radius 2 is 2.24 bits per heavy atom. The van der Waals surface area contributed by atoms with E-state index in [2.05, 4.69) is 17.1 Å². The Balaban J connectivity index is 1.69. The molecule has 4 heteroatoms. The van der Waals surface area contributed by atoms with E-state index in [1.165, 1.54) is 0 Å². The molecule has 0 bridgehead atoms. The highest BCUT2D eigenvalue weighted by Crippen LogP contribution is 2.25. The van der Waals surface area contributed by atoms with Gasteiger partial charge in [-0.05, 0) is 37.4 Å². The van der Waals surface area contributed by atoms with E-state index >= 15 is 0 Å². The van der Waals surface area contributed by atoms with Crippen LogP contribution in [0.1, 0.15) is 52.5 Å². The van der Waals surface area contributed by atoms with E-state index < -0.39 is 0 Å². The summed E-state index contributed by atoms with van der Waals surface area (Å²) in [4.78, 5) is 26.6. The summed E-state index contributed by atoms with van der Waals surface area (Å²) in [6, 6.07) is 5.72. The molecule has 4 nitrogen and oxygen atoms in total. The Kier molecular flexibility index (Phi) is 4.06. The lowest BCUT2D eigenvalue weighted by Crippen LogP contribution is -2.37. The van der Waals surface area contributed by atoms with Gasteiger partial charge in [-0.3, -0.25) is 9.59 Å². The zero-order chi connectivity index (χ0) is 14.8. The van der Waals surface area contributed by atoms with Crippen LogP contribution >= 0.6 is 0 Å². The van der Waals surface area contributed by atoms with E-state index in [1.807, 2.05) is 18.2 Å². The second-order valence-corrected chi connectivity index (χ2v) is 6.01. The first-order valence-corrected chi connectivity index (χ1v) is 7.87. The number of fused-ring (bicyclic) bond motifs is 1. The molecule has 1 aliphatic heterocycles. The number of hydrogen-bond acceptors (Lipinski definition) is 3. The number of carbonyl (C=O) groups is 2. The zero-order valence-corrected chi connectivity index (χ0v) is 12.5. The number of nitrogens with one attached hydrogen (secondary N) is 1. The van der Waals surface area contributed by atoms with Crippen molar-refractivity contribution in [2.75, 3.05) is 19.6 Å². The molecule has 0 radical (unpaired) electrons. The van der Waals surface area contributed by atoms with E-state index in [4.69, 9.17) is 0 Å². The van der Waals surface area contributed by atoms with Crippen LogP contribution in [-0.4, -0.2) is 42.3 Å². The fraction of sp³-hybridized carbons (Fsp3) is 0.529. The van der Waals surface area contributed by atoms with Gasteiger partial charge in [0.25, 0.3) is 5.91 Å². The van der Waals surface area contributed by atoms with Crippen molar-refractivity contribution in [3.63, 3.8) is 0 Å². The fourth-order valence-corrected chi connectivity index (χ4v) is 3.44. The minimum atomic E-state index is -0.0232. The van der Waals surface area contributed by atoms with Crippen molar-refractivity contribution >= 4 is 11.7 Å². The van der Waals surface area contributed by atoms with E-state index in [9.17, 15) is 9.59 Å². The predicted molar refractivity (Wildman–Crippen MR) is 81.7 cm³/mol. The standard InChI is InChI=1S/C17H22N2O2/c1-2-9-19-10-8-12(11-19)18-17(21)15-5-3-4-14-13(15)6-7-16(14)20/h3-5,12H,2,6-11H2,1H3,(H,18,21)/t12-/m1/s1. The molecule has 112 valence electrons. The van der Waals surface area contributed by atoms with Gasteiger partial charge in [-0.25, -0.2) is 0 Å². The number of likely N-dealkylation sites (tertiary alicyclic amines) is 1. The monoisotopic (exact) mass is 286 g/mol. The van der Waals surface area contributed by atoms with Crippen molar-refractivity contribution in [3.8, 4) is 0 Å². The third-order valence-electron chi connectivity index (χ3n) is 4.47. The Hall–Kier alpha value is -1.68. The molecule has 0 spiro atoms. The summed E-state index contributed by atoms with van der Waals surface area (Å²) in [6.07, 6.45) is 3.40. The molecule has 0 aromatic heterocycles. The average Bonchev–Trinajstić information content (AvgIpc) is 3.07. The van der Waals surface area contributed by atoms with Crippen LogP contribution in [0.2, 0.25) is 0 Å². The van der Waals surface area contributed by atoms with Crippen molar-refractivity contribution < 1.29 is 9.59 Å². The quantitative estimate of drug-likeness (QED) is 0.921. The summed E-state index contributed by atoms with van der Waals surface area (Å²) < 4.78 is 0. The molecule has 2 aliphatic rings. The molecule has 1 aromatic carbocycles. The van der Waals surface area contributed by atoms with Crippen molar-refractivity contribution in [3.05, 3.63) is 34.9 Å². The topological polar surface area (TPSA) is 49.4 Å². The third kappa shape index (κ3) is 2.86. The number of amides is 1. The molecule has 21 heavy (non-hydrogen) atoms. The second kappa shape index (κ2) is 5.98. The summed E-state index contributed by atoms with van der Waals surface area (Å²) in [7, 11) is 0. The number of ketones is 1. The van der Waals surface area contributed by atoms with Gasteiger partial charge < -0.3 is 10.2 Å². The van der Waals surface area contributed by atoms with Crippen LogP contribution in [0.25, 0.3) is 0 Å². The first-order chi connectivity index (χ1) is 10.2. The molecular weight excluding hydrogens is 264 g/mol. The van der Waals surface area contributed by atoms with Gasteiger partial charge in [0.15, 0.2) is 5.78 Å². The normalized spacial score (nSPS) is 21.6. The number of nitrogens with zero attached hydrogens (tertiary/aromatic N) is 1. The molecule has 1 heterocycles. The van der Waals surface area contributed by atoms with Gasteiger partial charge in [-0.15, -0.1) is 0 Å². The molecule has 1 fully saturated rings. The van der Waals surface area contributed by atoms with Crippen molar-refractivity contribution in [2.45, 2.75) is 38.6 Å². The molecule has 3 rings (SSSR count). The molecule has 0 saturated carbocycles. The molecule has 1 aliphatic carbocycles. The van der Waals surface area contributed by atoms with E-state index in [1.54, 1.807) is 0 Å². The molecular formula is C17H22N2O2.